The van der Waals surface area contributed by atoms with E-state index in [2.05, 4.69) is 21.6 Å². The first kappa shape index (κ1) is 16.6. The molecule has 1 aliphatic rings. The molecule has 2 heterocycles. The quantitative estimate of drug-likeness (QED) is 0.708. The molecule has 1 aromatic rings. The number of nitrogens with one attached hydrogen (secondary N) is 1. The van der Waals surface area contributed by atoms with Crippen LogP contribution in [0.2, 0.25) is 0 Å². The molecular formula is C12H21N5O2S2. The van der Waals surface area contributed by atoms with E-state index in [1.807, 2.05) is 4.90 Å². The summed E-state index contributed by atoms with van der Waals surface area (Å²) in [5.74, 6) is 0.911. The molecule has 1 aliphatic heterocycles. The number of carbonyl (C=O) groups excluding carboxylic acids is 1. The van der Waals surface area contributed by atoms with Crippen LogP contribution >= 0.6 is 23.3 Å². The Morgan fingerprint density at radius 1 is 1.67 bits per heavy atom. The summed E-state index contributed by atoms with van der Waals surface area (Å²) in [6.45, 7) is 4.98. The molecule has 1 aromatic heterocycles. The van der Waals surface area contributed by atoms with Crippen molar-refractivity contribution in [3.8, 4) is 0 Å². The van der Waals surface area contributed by atoms with Gasteiger partial charge in [0.15, 0.2) is 0 Å². The minimum absolute atomic E-state index is 0.0186. The molecular weight excluding hydrogens is 310 g/mol. The summed E-state index contributed by atoms with van der Waals surface area (Å²) < 4.78 is 9.68. The summed E-state index contributed by atoms with van der Waals surface area (Å²) in [6, 6.07) is 0. The molecule has 0 bridgehead atoms. The Bertz CT molecular complexity index is 457. The number of ether oxygens (including phenoxy) is 1. The third-order valence-electron chi connectivity index (χ3n) is 2.94. The van der Waals surface area contributed by atoms with E-state index in [-0.39, 0.29) is 12.0 Å². The van der Waals surface area contributed by atoms with Gasteiger partial charge in [-0.15, -0.1) is 0 Å². The largest absolute Gasteiger partial charge is 0.374 e. The van der Waals surface area contributed by atoms with Gasteiger partial charge in [-0.1, -0.05) is 18.7 Å². The van der Waals surface area contributed by atoms with E-state index in [9.17, 15) is 4.79 Å². The zero-order valence-electron chi connectivity index (χ0n) is 12.1. The molecule has 2 rings (SSSR count). The van der Waals surface area contributed by atoms with Gasteiger partial charge in [0.05, 0.1) is 19.3 Å². The smallest absolute Gasteiger partial charge is 0.240 e. The Morgan fingerprint density at radius 3 is 3.29 bits per heavy atom. The summed E-state index contributed by atoms with van der Waals surface area (Å²) in [6.07, 6.45) is 1.09. The van der Waals surface area contributed by atoms with Gasteiger partial charge in [0.2, 0.25) is 16.2 Å². The normalized spacial score (nSPS) is 19.6. The molecule has 1 unspecified atom stereocenters. The minimum atomic E-state index is -0.0733. The summed E-state index contributed by atoms with van der Waals surface area (Å²) >= 11 is 2.82. The Kier molecular flexibility index (Phi) is 6.84. The molecule has 0 saturated carbocycles. The molecule has 0 aromatic carbocycles. The fourth-order valence-corrected chi connectivity index (χ4v) is 3.36. The lowest BCUT2D eigenvalue weighted by molar-refractivity contribution is -0.119. The van der Waals surface area contributed by atoms with Gasteiger partial charge in [0.1, 0.15) is 0 Å². The zero-order valence-corrected chi connectivity index (χ0v) is 13.7. The Balaban J connectivity index is 1.77. The van der Waals surface area contributed by atoms with Crippen LogP contribution in [-0.2, 0) is 9.53 Å². The predicted molar refractivity (Wildman–Crippen MR) is 84.8 cm³/mol. The number of anilines is 1. The van der Waals surface area contributed by atoms with E-state index in [1.165, 1.54) is 11.5 Å². The zero-order chi connectivity index (χ0) is 15.1. The van der Waals surface area contributed by atoms with Crippen molar-refractivity contribution in [2.75, 3.05) is 43.9 Å². The molecule has 0 radical (unpaired) electrons. The van der Waals surface area contributed by atoms with Gasteiger partial charge in [-0.2, -0.15) is 9.36 Å². The van der Waals surface area contributed by atoms with Gasteiger partial charge >= 0.3 is 0 Å². The number of carbonyl (C=O) groups is 1. The lowest BCUT2D eigenvalue weighted by atomic mass is 10.2. The molecule has 3 N–H and O–H groups in total. The van der Waals surface area contributed by atoms with Crippen molar-refractivity contribution in [1.82, 2.24) is 14.3 Å². The second-order valence-corrected chi connectivity index (χ2v) is 6.56. The van der Waals surface area contributed by atoms with E-state index in [0.717, 1.165) is 23.9 Å². The van der Waals surface area contributed by atoms with Crippen LogP contribution in [0.1, 0.15) is 13.3 Å². The average Bonchev–Trinajstić information content (AvgIpc) is 2.92. The summed E-state index contributed by atoms with van der Waals surface area (Å²) in [4.78, 5) is 18.3. The van der Waals surface area contributed by atoms with Gasteiger partial charge in [0, 0.05) is 36.9 Å². The molecule has 1 amide bonds. The summed E-state index contributed by atoms with van der Waals surface area (Å²) in [5.41, 5.74) is 5.59. The lowest BCUT2D eigenvalue weighted by Crippen LogP contribution is -2.48. The van der Waals surface area contributed by atoms with Crippen molar-refractivity contribution >= 4 is 34.3 Å². The monoisotopic (exact) mass is 331 g/mol. The van der Waals surface area contributed by atoms with Crippen molar-refractivity contribution in [2.24, 2.45) is 5.73 Å². The first-order valence-corrected chi connectivity index (χ1v) is 8.77. The molecule has 1 atom stereocenters. The molecule has 9 heteroatoms. The van der Waals surface area contributed by atoms with Crippen LogP contribution in [0.15, 0.2) is 5.16 Å². The fourth-order valence-electron chi connectivity index (χ4n) is 1.94. The second kappa shape index (κ2) is 8.64. The Hall–Kier alpha value is -0.740. The highest BCUT2D eigenvalue weighted by atomic mass is 32.2. The standard InChI is InChI=1S/C12H21N5O2S2/c1-2-5-20-12-15-11(21-16-12)14-10(18)8-17-3-4-19-9(6-13)7-17/h9H,2-8,13H2,1H3,(H,14,15,16,18). The molecule has 7 nitrogen and oxygen atoms in total. The van der Waals surface area contributed by atoms with Crippen molar-refractivity contribution in [3.05, 3.63) is 0 Å². The molecule has 21 heavy (non-hydrogen) atoms. The van der Waals surface area contributed by atoms with E-state index in [1.54, 1.807) is 11.8 Å². The Labute approximate surface area is 132 Å². The third kappa shape index (κ3) is 5.51. The highest BCUT2D eigenvalue weighted by molar-refractivity contribution is 7.99. The molecule has 1 saturated heterocycles. The second-order valence-electron chi connectivity index (χ2n) is 4.74. The molecule has 0 aliphatic carbocycles. The van der Waals surface area contributed by atoms with E-state index in [0.29, 0.717) is 31.4 Å². The van der Waals surface area contributed by atoms with Crippen LogP contribution in [0.3, 0.4) is 0 Å². The topological polar surface area (TPSA) is 93.4 Å². The highest BCUT2D eigenvalue weighted by Crippen LogP contribution is 2.20. The maximum Gasteiger partial charge on any atom is 0.240 e. The number of hydrogen-bond donors (Lipinski definition) is 2. The minimum Gasteiger partial charge on any atom is -0.374 e. The molecule has 1 fully saturated rings. The predicted octanol–water partition coefficient (Wildman–Crippen LogP) is 0.638. The maximum atomic E-state index is 12.0. The van der Waals surface area contributed by atoms with Gasteiger partial charge in [-0.3, -0.25) is 15.0 Å². The summed E-state index contributed by atoms with van der Waals surface area (Å²) in [5, 5.41) is 4.08. The van der Waals surface area contributed by atoms with Crippen LogP contribution in [0, 0.1) is 0 Å². The third-order valence-corrected chi connectivity index (χ3v) is 4.74. The maximum absolute atomic E-state index is 12.0. The van der Waals surface area contributed by atoms with E-state index in [4.69, 9.17) is 10.5 Å². The SMILES string of the molecule is CCCSc1nsc(NC(=O)CN2CCOC(CN)C2)n1. The van der Waals surface area contributed by atoms with Crippen molar-refractivity contribution < 1.29 is 9.53 Å². The van der Waals surface area contributed by atoms with E-state index >= 15 is 0 Å². The molecule has 0 spiro atoms. The number of hydrogen-bond acceptors (Lipinski definition) is 8. The van der Waals surface area contributed by atoms with Gasteiger partial charge < -0.3 is 10.5 Å². The Morgan fingerprint density at radius 2 is 2.52 bits per heavy atom. The van der Waals surface area contributed by atoms with Crippen molar-refractivity contribution in [3.63, 3.8) is 0 Å². The van der Waals surface area contributed by atoms with Crippen LogP contribution in [-0.4, -0.2) is 64.8 Å². The van der Waals surface area contributed by atoms with Crippen molar-refractivity contribution in [1.29, 1.82) is 0 Å². The first-order valence-electron chi connectivity index (χ1n) is 7.01. The number of morpholine rings is 1. The van der Waals surface area contributed by atoms with Crippen LogP contribution in [0.5, 0.6) is 0 Å². The van der Waals surface area contributed by atoms with Gasteiger partial charge in [0.25, 0.3) is 0 Å². The number of thioether (sulfide) groups is 1. The fraction of sp³-hybridized carbons (Fsp3) is 0.750. The van der Waals surface area contributed by atoms with Gasteiger partial charge in [-0.25, -0.2) is 0 Å². The summed E-state index contributed by atoms with van der Waals surface area (Å²) in [7, 11) is 0. The van der Waals surface area contributed by atoms with Crippen LogP contribution in [0.4, 0.5) is 5.13 Å². The van der Waals surface area contributed by atoms with Gasteiger partial charge in [-0.05, 0) is 6.42 Å². The van der Waals surface area contributed by atoms with Crippen molar-refractivity contribution in [2.45, 2.75) is 24.6 Å². The van der Waals surface area contributed by atoms with Crippen LogP contribution in [0.25, 0.3) is 0 Å². The first-order chi connectivity index (χ1) is 10.2. The van der Waals surface area contributed by atoms with Crippen LogP contribution < -0.4 is 11.1 Å². The highest BCUT2D eigenvalue weighted by Gasteiger charge is 2.21. The number of nitrogens with zero attached hydrogens (tertiary/aromatic N) is 3. The number of rotatable bonds is 7. The number of nitrogens with two attached hydrogens (primary N) is 1. The molecule has 118 valence electrons. The average molecular weight is 331 g/mol. The number of aromatic nitrogens is 2. The van der Waals surface area contributed by atoms with E-state index < -0.39 is 0 Å². The lowest BCUT2D eigenvalue weighted by Gasteiger charge is -2.31. The number of amides is 1.